The van der Waals surface area contributed by atoms with Gasteiger partial charge in [0.05, 0.1) is 7.11 Å². The number of ether oxygens (including phenoxy) is 1. The van der Waals surface area contributed by atoms with Gasteiger partial charge in [-0.15, -0.1) is 0 Å². The van der Waals surface area contributed by atoms with Crippen LogP contribution in [0.15, 0.2) is 48.5 Å². The summed E-state index contributed by atoms with van der Waals surface area (Å²) in [7, 11) is 1.68. The molecule has 3 heterocycles. The normalized spacial score (nSPS) is 17.0. The number of piperazine rings is 1. The molecule has 0 radical (unpaired) electrons. The monoisotopic (exact) mass is 511 g/mol. The molecule has 0 unspecified atom stereocenters. The van der Waals surface area contributed by atoms with E-state index in [0.29, 0.717) is 12.3 Å². The topological polar surface area (TPSA) is 61.8 Å². The van der Waals surface area contributed by atoms with Crippen molar-refractivity contribution in [1.82, 2.24) is 14.3 Å². The number of carbonyl (C=O) groups excluding carboxylic acids is 1. The number of aromatic nitrogens is 2. The molecule has 0 spiro atoms. The van der Waals surface area contributed by atoms with Gasteiger partial charge in [-0.3, -0.25) is 4.79 Å². The summed E-state index contributed by atoms with van der Waals surface area (Å²) in [6, 6.07) is 15.9. The number of piperidine rings is 1. The average molecular weight is 512 g/mol. The first-order chi connectivity index (χ1) is 17.1. The number of halogens is 1. The largest absolute Gasteiger partial charge is 0.497 e. The molecule has 0 bridgehead atoms. The summed E-state index contributed by atoms with van der Waals surface area (Å²) in [5, 5.41) is 1.69. The molecule has 9 heteroatoms. The van der Waals surface area contributed by atoms with Crippen molar-refractivity contribution in [2.75, 3.05) is 56.2 Å². The Morgan fingerprint density at radius 2 is 1.66 bits per heavy atom. The van der Waals surface area contributed by atoms with Gasteiger partial charge in [0.2, 0.25) is 11.0 Å². The number of carbonyl (C=O) groups is 1. The van der Waals surface area contributed by atoms with E-state index in [1.54, 1.807) is 7.11 Å². The Kier molecular flexibility index (Phi) is 7.39. The number of amides is 1. The van der Waals surface area contributed by atoms with Crippen molar-refractivity contribution in [2.24, 2.45) is 5.92 Å². The summed E-state index contributed by atoms with van der Waals surface area (Å²) in [4.78, 5) is 24.6. The maximum Gasteiger partial charge on any atom is 0.225 e. The van der Waals surface area contributed by atoms with Crippen LogP contribution in [0.25, 0.3) is 0 Å². The van der Waals surface area contributed by atoms with E-state index in [0.717, 1.165) is 79.4 Å². The first-order valence-corrected chi connectivity index (χ1v) is 13.2. The Hall–Kier alpha value is -2.84. The molecular formula is C26H30ClN5O2S. The molecule has 2 saturated heterocycles. The average Bonchev–Trinajstić information content (AvgIpc) is 3.38. The smallest absolute Gasteiger partial charge is 0.225 e. The van der Waals surface area contributed by atoms with Gasteiger partial charge in [0, 0.05) is 73.8 Å². The van der Waals surface area contributed by atoms with Gasteiger partial charge in [0.1, 0.15) is 11.6 Å². The molecule has 3 aromatic rings. The summed E-state index contributed by atoms with van der Waals surface area (Å²) < 4.78 is 9.80. The highest BCUT2D eigenvalue weighted by Crippen LogP contribution is 2.27. The Bertz CT molecular complexity index is 1120. The highest BCUT2D eigenvalue weighted by atomic mass is 35.5. The number of benzene rings is 2. The van der Waals surface area contributed by atoms with E-state index in [9.17, 15) is 4.79 Å². The third-order valence-corrected chi connectivity index (χ3v) is 7.94. The molecule has 1 aromatic heterocycles. The van der Waals surface area contributed by atoms with Crippen LogP contribution in [0.4, 0.5) is 10.8 Å². The van der Waals surface area contributed by atoms with Gasteiger partial charge in [-0.2, -0.15) is 4.37 Å². The fraction of sp³-hybridized carbons (Fsp3) is 0.423. The molecule has 2 aliphatic heterocycles. The van der Waals surface area contributed by atoms with Gasteiger partial charge in [-0.05, 0) is 54.8 Å². The molecular weight excluding hydrogens is 482 g/mol. The zero-order chi connectivity index (χ0) is 24.2. The molecule has 0 N–H and O–H groups in total. The van der Waals surface area contributed by atoms with E-state index in [1.165, 1.54) is 17.2 Å². The van der Waals surface area contributed by atoms with Gasteiger partial charge in [0.25, 0.3) is 0 Å². The van der Waals surface area contributed by atoms with Crippen LogP contribution in [0, 0.1) is 5.92 Å². The summed E-state index contributed by atoms with van der Waals surface area (Å²) in [6.07, 6.45) is 2.43. The van der Waals surface area contributed by atoms with Gasteiger partial charge >= 0.3 is 0 Å². The highest BCUT2D eigenvalue weighted by Gasteiger charge is 2.31. The van der Waals surface area contributed by atoms with Crippen molar-refractivity contribution < 1.29 is 9.53 Å². The fourth-order valence-electron chi connectivity index (χ4n) is 4.78. The predicted octanol–water partition coefficient (Wildman–Crippen LogP) is 4.36. The minimum atomic E-state index is 0.0974. The minimum absolute atomic E-state index is 0.0974. The molecule has 0 saturated carbocycles. The van der Waals surface area contributed by atoms with Crippen molar-refractivity contribution in [3.8, 4) is 5.75 Å². The lowest BCUT2D eigenvalue weighted by Gasteiger charge is -2.39. The van der Waals surface area contributed by atoms with Crippen LogP contribution in [0.5, 0.6) is 5.75 Å². The molecule has 184 valence electrons. The van der Waals surface area contributed by atoms with Crippen LogP contribution in [-0.2, 0) is 11.2 Å². The minimum Gasteiger partial charge on any atom is -0.497 e. The van der Waals surface area contributed by atoms with Crippen LogP contribution >= 0.6 is 23.1 Å². The number of rotatable bonds is 6. The van der Waals surface area contributed by atoms with Crippen LogP contribution in [0.3, 0.4) is 0 Å². The van der Waals surface area contributed by atoms with E-state index < -0.39 is 0 Å². The van der Waals surface area contributed by atoms with Crippen LogP contribution in [0.1, 0.15) is 24.2 Å². The third-order valence-electron chi connectivity index (χ3n) is 6.88. The molecule has 7 nitrogen and oxygen atoms in total. The second-order valence-corrected chi connectivity index (χ2v) is 10.2. The second kappa shape index (κ2) is 10.8. The molecule has 2 aliphatic rings. The number of hydrogen-bond acceptors (Lipinski definition) is 7. The Balaban J connectivity index is 1.09. The third kappa shape index (κ3) is 5.70. The SMILES string of the molecule is COc1ccc(N2CCN(C(=O)C3CCN(c4nc(Cc5ccc(Cl)cc5)ns4)CC3)CC2)cc1. The first-order valence-electron chi connectivity index (χ1n) is 12.1. The maximum absolute atomic E-state index is 13.2. The van der Waals surface area contributed by atoms with E-state index in [2.05, 4.69) is 31.2 Å². The van der Waals surface area contributed by atoms with E-state index >= 15 is 0 Å². The first kappa shape index (κ1) is 23.9. The number of anilines is 2. The number of hydrogen-bond donors (Lipinski definition) is 0. The summed E-state index contributed by atoms with van der Waals surface area (Å²) in [5.74, 6) is 2.10. The Morgan fingerprint density at radius 3 is 2.31 bits per heavy atom. The summed E-state index contributed by atoms with van der Waals surface area (Å²) >= 11 is 7.42. The van der Waals surface area contributed by atoms with Crippen molar-refractivity contribution in [3.05, 3.63) is 64.9 Å². The van der Waals surface area contributed by atoms with E-state index in [1.807, 2.05) is 36.4 Å². The van der Waals surface area contributed by atoms with Crippen LogP contribution in [-0.4, -0.2) is 66.5 Å². The lowest BCUT2D eigenvalue weighted by Crippen LogP contribution is -2.51. The Morgan fingerprint density at radius 1 is 0.971 bits per heavy atom. The lowest BCUT2D eigenvalue weighted by molar-refractivity contribution is -0.136. The quantitative estimate of drug-likeness (QED) is 0.490. The predicted molar refractivity (Wildman–Crippen MR) is 141 cm³/mol. The molecule has 1 amide bonds. The lowest BCUT2D eigenvalue weighted by atomic mass is 9.95. The van der Waals surface area contributed by atoms with Gasteiger partial charge < -0.3 is 19.4 Å². The van der Waals surface area contributed by atoms with E-state index in [-0.39, 0.29) is 5.92 Å². The van der Waals surface area contributed by atoms with Crippen molar-refractivity contribution >= 4 is 39.9 Å². The molecule has 35 heavy (non-hydrogen) atoms. The molecule has 0 aliphatic carbocycles. The number of methoxy groups -OCH3 is 1. The number of nitrogens with zero attached hydrogens (tertiary/aromatic N) is 5. The molecule has 2 fully saturated rings. The van der Waals surface area contributed by atoms with Crippen LogP contribution in [0.2, 0.25) is 5.02 Å². The van der Waals surface area contributed by atoms with Crippen molar-refractivity contribution in [1.29, 1.82) is 0 Å². The van der Waals surface area contributed by atoms with E-state index in [4.69, 9.17) is 21.3 Å². The van der Waals surface area contributed by atoms with Gasteiger partial charge in [-0.25, -0.2) is 4.98 Å². The van der Waals surface area contributed by atoms with Crippen molar-refractivity contribution in [2.45, 2.75) is 19.3 Å². The fourth-order valence-corrected chi connectivity index (χ4v) is 5.65. The summed E-state index contributed by atoms with van der Waals surface area (Å²) in [6.45, 7) is 4.96. The zero-order valence-electron chi connectivity index (χ0n) is 19.9. The maximum atomic E-state index is 13.2. The van der Waals surface area contributed by atoms with Crippen LogP contribution < -0.4 is 14.5 Å². The second-order valence-electron chi connectivity index (χ2n) is 9.07. The molecule has 0 atom stereocenters. The standard InChI is InChI=1S/C26H30ClN5O2S/c1-34-23-8-6-22(7-9-23)30-14-16-31(17-15-30)25(33)20-10-12-32(13-11-20)26-28-24(29-35-26)18-19-2-4-21(27)5-3-19/h2-9,20H,10-18H2,1H3. The Labute approximate surface area is 215 Å². The highest BCUT2D eigenvalue weighted by molar-refractivity contribution is 7.09. The summed E-state index contributed by atoms with van der Waals surface area (Å²) in [5.41, 5.74) is 2.33. The van der Waals surface area contributed by atoms with Gasteiger partial charge in [-0.1, -0.05) is 23.7 Å². The molecule has 2 aromatic carbocycles. The zero-order valence-corrected chi connectivity index (χ0v) is 21.5. The van der Waals surface area contributed by atoms with Crippen molar-refractivity contribution in [3.63, 3.8) is 0 Å². The van der Waals surface area contributed by atoms with Gasteiger partial charge in [0.15, 0.2) is 0 Å². The molecule has 5 rings (SSSR count).